The van der Waals surface area contributed by atoms with Gasteiger partial charge in [-0.1, -0.05) is 6.07 Å². The summed E-state index contributed by atoms with van der Waals surface area (Å²) in [4.78, 5) is 0. The SMILES string of the molecule is c1cc2cc([C@@H]3CO3)ccc2o1. The van der Waals surface area contributed by atoms with Crippen molar-refractivity contribution in [3.8, 4) is 0 Å². The van der Waals surface area contributed by atoms with Crippen LogP contribution >= 0.6 is 0 Å². The summed E-state index contributed by atoms with van der Waals surface area (Å²) >= 11 is 0. The molecule has 1 aromatic carbocycles. The van der Waals surface area contributed by atoms with Crippen molar-refractivity contribution in [2.24, 2.45) is 0 Å². The van der Waals surface area contributed by atoms with E-state index in [1.807, 2.05) is 12.1 Å². The first-order valence-electron chi connectivity index (χ1n) is 4.02. The van der Waals surface area contributed by atoms with Gasteiger partial charge in [0.1, 0.15) is 11.7 Å². The second-order valence-corrected chi connectivity index (χ2v) is 3.04. The van der Waals surface area contributed by atoms with Crippen molar-refractivity contribution >= 4 is 11.0 Å². The summed E-state index contributed by atoms with van der Waals surface area (Å²) in [6.07, 6.45) is 2.05. The molecule has 1 atom stereocenters. The third-order valence-electron chi connectivity index (χ3n) is 2.18. The quantitative estimate of drug-likeness (QED) is 0.599. The van der Waals surface area contributed by atoms with Crippen LogP contribution in [0.5, 0.6) is 0 Å². The monoisotopic (exact) mass is 160 g/mol. The van der Waals surface area contributed by atoms with E-state index in [1.54, 1.807) is 6.26 Å². The highest BCUT2D eigenvalue weighted by molar-refractivity contribution is 5.77. The van der Waals surface area contributed by atoms with Gasteiger partial charge in [0, 0.05) is 5.39 Å². The summed E-state index contributed by atoms with van der Waals surface area (Å²) in [7, 11) is 0. The van der Waals surface area contributed by atoms with E-state index in [1.165, 1.54) is 5.56 Å². The minimum Gasteiger partial charge on any atom is -0.464 e. The van der Waals surface area contributed by atoms with Crippen molar-refractivity contribution in [3.05, 3.63) is 36.1 Å². The van der Waals surface area contributed by atoms with Gasteiger partial charge in [0.2, 0.25) is 0 Å². The van der Waals surface area contributed by atoms with Crippen molar-refractivity contribution in [3.63, 3.8) is 0 Å². The first-order valence-corrected chi connectivity index (χ1v) is 4.02. The Hall–Kier alpha value is -1.28. The molecule has 1 fully saturated rings. The summed E-state index contributed by atoms with van der Waals surface area (Å²) in [5.74, 6) is 0. The molecule has 0 aliphatic carbocycles. The number of hydrogen-bond donors (Lipinski definition) is 0. The minimum atomic E-state index is 0.337. The van der Waals surface area contributed by atoms with Gasteiger partial charge in [0.25, 0.3) is 0 Å². The first-order chi connectivity index (χ1) is 5.93. The van der Waals surface area contributed by atoms with Gasteiger partial charge in [-0.05, 0) is 23.8 Å². The fourth-order valence-corrected chi connectivity index (χ4v) is 1.43. The van der Waals surface area contributed by atoms with E-state index in [9.17, 15) is 0 Å². The van der Waals surface area contributed by atoms with Crippen molar-refractivity contribution in [1.82, 2.24) is 0 Å². The fraction of sp³-hybridized carbons (Fsp3) is 0.200. The number of furan rings is 1. The molecular formula is C10H8O2. The van der Waals surface area contributed by atoms with Crippen LogP contribution in [0.3, 0.4) is 0 Å². The Morgan fingerprint density at radius 3 is 3.00 bits per heavy atom. The van der Waals surface area contributed by atoms with Crippen LogP contribution in [-0.2, 0) is 4.74 Å². The summed E-state index contributed by atoms with van der Waals surface area (Å²) in [6, 6.07) is 8.15. The van der Waals surface area contributed by atoms with Gasteiger partial charge in [0.15, 0.2) is 0 Å². The Labute approximate surface area is 69.7 Å². The molecular weight excluding hydrogens is 152 g/mol. The lowest BCUT2D eigenvalue weighted by Crippen LogP contribution is -1.77. The molecule has 1 saturated heterocycles. The molecule has 3 rings (SSSR count). The lowest BCUT2D eigenvalue weighted by Gasteiger charge is -1.93. The topological polar surface area (TPSA) is 25.7 Å². The zero-order valence-electron chi connectivity index (χ0n) is 6.49. The first kappa shape index (κ1) is 6.26. The van der Waals surface area contributed by atoms with E-state index < -0.39 is 0 Å². The molecule has 1 aliphatic rings. The van der Waals surface area contributed by atoms with Crippen molar-refractivity contribution < 1.29 is 9.15 Å². The molecule has 2 nitrogen and oxygen atoms in total. The maximum Gasteiger partial charge on any atom is 0.133 e. The Balaban J connectivity index is 2.21. The Bertz CT molecular complexity index is 412. The molecule has 1 aliphatic heterocycles. The minimum absolute atomic E-state index is 0.337. The maximum absolute atomic E-state index is 5.23. The van der Waals surface area contributed by atoms with Gasteiger partial charge >= 0.3 is 0 Å². The highest BCUT2D eigenvalue weighted by Gasteiger charge is 2.24. The lowest BCUT2D eigenvalue weighted by molar-refractivity contribution is 0.416. The maximum atomic E-state index is 5.23. The molecule has 0 N–H and O–H groups in total. The molecule has 60 valence electrons. The average Bonchev–Trinajstić information content (AvgIpc) is 2.84. The molecule has 0 radical (unpaired) electrons. The summed E-state index contributed by atoms with van der Waals surface area (Å²) in [5.41, 5.74) is 2.20. The van der Waals surface area contributed by atoms with Crippen LogP contribution in [0.4, 0.5) is 0 Å². The van der Waals surface area contributed by atoms with Gasteiger partial charge in [0.05, 0.1) is 12.9 Å². The molecule has 0 bridgehead atoms. The second kappa shape index (κ2) is 2.11. The molecule has 2 aromatic rings. The van der Waals surface area contributed by atoms with E-state index in [4.69, 9.17) is 9.15 Å². The molecule has 0 spiro atoms. The normalized spacial score (nSPS) is 21.5. The van der Waals surface area contributed by atoms with Crippen LogP contribution in [0, 0.1) is 0 Å². The highest BCUT2D eigenvalue weighted by atomic mass is 16.6. The zero-order chi connectivity index (χ0) is 7.97. The Kier molecular flexibility index (Phi) is 1.10. The number of fused-ring (bicyclic) bond motifs is 1. The predicted molar refractivity (Wildman–Crippen MR) is 44.9 cm³/mol. The molecule has 1 aromatic heterocycles. The number of ether oxygens (including phenoxy) is 1. The zero-order valence-corrected chi connectivity index (χ0v) is 6.49. The van der Waals surface area contributed by atoms with Gasteiger partial charge < -0.3 is 9.15 Å². The number of rotatable bonds is 1. The van der Waals surface area contributed by atoms with Crippen LogP contribution in [0.2, 0.25) is 0 Å². The third-order valence-corrected chi connectivity index (χ3v) is 2.18. The number of hydrogen-bond acceptors (Lipinski definition) is 2. The van der Waals surface area contributed by atoms with Gasteiger partial charge in [-0.3, -0.25) is 0 Å². The van der Waals surface area contributed by atoms with Gasteiger partial charge in [-0.25, -0.2) is 0 Å². The number of epoxide rings is 1. The Morgan fingerprint density at radius 2 is 2.17 bits per heavy atom. The lowest BCUT2D eigenvalue weighted by atomic mass is 10.1. The largest absolute Gasteiger partial charge is 0.464 e. The smallest absolute Gasteiger partial charge is 0.133 e. The highest BCUT2D eigenvalue weighted by Crippen LogP contribution is 2.31. The van der Waals surface area contributed by atoms with E-state index in [0.29, 0.717) is 6.10 Å². The molecule has 2 heteroatoms. The molecule has 2 heterocycles. The van der Waals surface area contributed by atoms with Crippen molar-refractivity contribution in [1.29, 1.82) is 0 Å². The van der Waals surface area contributed by atoms with Crippen molar-refractivity contribution in [2.45, 2.75) is 6.10 Å². The molecule has 0 saturated carbocycles. The average molecular weight is 160 g/mol. The molecule has 0 unspecified atom stereocenters. The summed E-state index contributed by atoms with van der Waals surface area (Å²) in [6.45, 7) is 0.864. The Morgan fingerprint density at radius 1 is 1.25 bits per heavy atom. The van der Waals surface area contributed by atoms with E-state index in [-0.39, 0.29) is 0 Å². The van der Waals surface area contributed by atoms with Crippen molar-refractivity contribution in [2.75, 3.05) is 6.61 Å². The van der Waals surface area contributed by atoms with E-state index in [2.05, 4.69) is 12.1 Å². The third kappa shape index (κ3) is 0.850. The van der Waals surface area contributed by atoms with E-state index >= 15 is 0 Å². The molecule has 0 amide bonds. The standard InChI is InChI=1S/C10H8O2/c1-2-9-8(3-4-11-9)5-7(1)10-6-12-10/h1-5,10H,6H2/t10-/m0/s1. The van der Waals surface area contributed by atoms with Crippen LogP contribution in [0.1, 0.15) is 11.7 Å². The predicted octanol–water partition coefficient (Wildman–Crippen LogP) is 2.50. The molecule has 12 heavy (non-hydrogen) atoms. The number of benzene rings is 1. The summed E-state index contributed by atoms with van der Waals surface area (Å²) < 4.78 is 10.4. The van der Waals surface area contributed by atoms with Gasteiger partial charge in [-0.2, -0.15) is 0 Å². The van der Waals surface area contributed by atoms with Crippen LogP contribution in [-0.4, -0.2) is 6.61 Å². The van der Waals surface area contributed by atoms with Gasteiger partial charge in [-0.15, -0.1) is 0 Å². The fourth-order valence-electron chi connectivity index (χ4n) is 1.43. The second-order valence-electron chi connectivity index (χ2n) is 3.04. The van der Waals surface area contributed by atoms with Crippen LogP contribution in [0.15, 0.2) is 34.9 Å². The van der Waals surface area contributed by atoms with Crippen LogP contribution < -0.4 is 0 Å². The van der Waals surface area contributed by atoms with Crippen LogP contribution in [0.25, 0.3) is 11.0 Å². The summed E-state index contributed by atoms with van der Waals surface area (Å²) in [5, 5.41) is 1.16. The van der Waals surface area contributed by atoms with E-state index in [0.717, 1.165) is 17.6 Å².